The van der Waals surface area contributed by atoms with E-state index in [2.05, 4.69) is 37.9 Å². The highest BCUT2D eigenvalue weighted by molar-refractivity contribution is 5.57. The summed E-state index contributed by atoms with van der Waals surface area (Å²) in [6.45, 7) is 12.4. The highest BCUT2D eigenvalue weighted by Gasteiger charge is 2.17. The van der Waals surface area contributed by atoms with Crippen molar-refractivity contribution in [1.29, 1.82) is 0 Å². The summed E-state index contributed by atoms with van der Waals surface area (Å²) >= 11 is 0. The Kier molecular flexibility index (Phi) is 5.80. The Balaban J connectivity index is 3.25. The molecule has 108 valence electrons. The van der Waals surface area contributed by atoms with Crippen LogP contribution in [0.5, 0.6) is 0 Å². The Labute approximate surface area is 117 Å². The van der Waals surface area contributed by atoms with Crippen LogP contribution < -0.4 is 10.2 Å². The Hall–Kier alpha value is -1.09. The van der Waals surface area contributed by atoms with E-state index in [4.69, 9.17) is 0 Å². The smallest absolute Gasteiger partial charge is 0.126 e. The zero-order chi connectivity index (χ0) is 14.6. The normalized spacial score (nSPS) is 12.8. The topological polar surface area (TPSA) is 15.3 Å². The lowest BCUT2D eigenvalue weighted by molar-refractivity contribution is 0.588. The van der Waals surface area contributed by atoms with Crippen molar-refractivity contribution in [2.45, 2.75) is 40.7 Å². The monoisotopic (exact) mass is 266 g/mol. The Morgan fingerprint density at radius 3 is 2.37 bits per heavy atom. The van der Waals surface area contributed by atoms with Crippen LogP contribution in [0, 0.1) is 18.7 Å². The molecule has 1 atom stereocenters. The highest BCUT2D eigenvalue weighted by Crippen LogP contribution is 2.29. The van der Waals surface area contributed by atoms with Gasteiger partial charge in [0.15, 0.2) is 0 Å². The van der Waals surface area contributed by atoms with Crippen LogP contribution in [0.4, 0.5) is 10.1 Å². The molecule has 0 saturated carbocycles. The third kappa shape index (κ3) is 3.93. The van der Waals surface area contributed by atoms with Gasteiger partial charge in [0.2, 0.25) is 0 Å². The number of nitrogens with zero attached hydrogens (tertiary/aromatic N) is 1. The van der Waals surface area contributed by atoms with E-state index in [1.165, 1.54) is 0 Å². The standard InChI is InChI=1S/C16H27FN2/c1-7-19(10-11(2)3)16-8-12(4)15(17)9-14(16)13(5)18-6/h8-9,11,13,18H,7,10H2,1-6H3. The maximum Gasteiger partial charge on any atom is 0.126 e. The molecule has 0 aliphatic heterocycles. The molecule has 0 aliphatic carbocycles. The lowest BCUT2D eigenvalue weighted by Gasteiger charge is -2.30. The van der Waals surface area contributed by atoms with Crippen LogP contribution in [0.15, 0.2) is 12.1 Å². The third-order valence-corrected chi connectivity index (χ3v) is 3.52. The van der Waals surface area contributed by atoms with Gasteiger partial charge in [-0.3, -0.25) is 0 Å². The maximum atomic E-state index is 13.8. The van der Waals surface area contributed by atoms with E-state index >= 15 is 0 Å². The van der Waals surface area contributed by atoms with Crippen molar-refractivity contribution in [1.82, 2.24) is 5.32 Å². The molecule has 0 amide bonds. The molecule has 0 aromatic heterocycles. The minimum Gasteiger partial charge on any atom is -0.371 e. The zero-order valence-corrected chi connectivity index (χ0v) is 13.0. The second-order valence-corrected chi connectivity index (χ2v) is 5.60. The number of hydrogen-bond acceptors (Lipinski definition) is 2. The quantitative estimate of drug-likeness (QED) is 0.840. The van der Waals surface area contributed by atoms with Gasteiger partial charge in [0.1, 0.15) is 5.82 Å². The number of anilines is 1. The highest BCUT2D eigenvalue weighted by atomic mass is 19.1. The number of rotatable bonds is 6. The van der Waals surface area contributed by atoms with Crippen LogP contribution in [0.25, 0.3) is 0 Å². The van der Waals surface area contributed by atoms with Crippen molar-refractivity contribution in [2.75, 3.05) is 25.0 Å². The van der Waals surface area contributed by atoms with Crippen LogP contribution in [0.1, 0.15) is 44.9 Å². The molecule has 0 spiro atoms. The second kappa shape index (κ2) is 6.90. The fraction of sp³-hybridized carbons (Fsp3) is 0.625. The van der Waals surface area contributed by atoms with E-state index in [-0.39, 0.29) is 11.9 Å². The molecule has 2 nitrogen and oxygen atoms in total. The minimum atomic E-state index is -0.124. The third-order valence-electron chi connectivity index (χ3n) is 3.52. The Morgan fingerprint density at radius 2 is 1.89 bits per heavy atom. The molecule has 3 heteroatoms. The predicted octanol–water partition coefficient (Wildman–Crippen LogP) is 3.90. The van der Waals surface area contributed by atoms with Crippen molar-refractivity contribution >= 4 is 5.69 Å². The first-order valence-corrected chi connectivity index (χ1v) is 7.12. The van der Waals surface area contributed by atoms with Gasteiger partial charge in [0, 0.05) is 24.8 Å². The molecule has 19 heavy (non-hydrogen) atoms. The summed E-state index contributed by atoms with van der Waals surface area (Å²) in [7, 11) is 1.91. The van der Waals surface area contributed by atoms with E-state index in [0.717, 1.165) is 24.3 Å². The van der Waals surface area contributed by atoms with Crippen LogP contribution in [-0.2, 0) is 0 Å². The zero-order valence-electron chi connectivity index (χ0n) is 13.0. The van der Waals surface area contributed by atoms with Crippen LogP contribution in [-0.4, -0.2) is 20.1 Å². The number of aryl methyl sites for hydroxylation is 1. The number of benzene rings is 1. The first kappa shape index (κ1) is 16.0. The van der Waals surface area contributed by atoms with Gasteiger partial charge in [-0.2, -0.15) is 0 Å². The van der Waals surface area contributed by atoms with Crippen molar-refractivity contribution < 1.29 is 4.39 Å². The van der Waals surface area contributed by atoms with Crippen molar-refractivity contribution in [3.63, 3.8) is 0 Å². The van der Waals surface area contributed by atoms with Gasteiger partial charge < -0.3 is 10.2 Å². The molecule has 1 unspecified atom stereocenters. The fourth-order valence-corrected chi connectivity index (χ4v) is 2.30. The van der Waals surface area contributed by atoms with E-state index in [1.807, 2.05) is 20.0 Å². The van der Waals surface area contributed by atoms with Gasteiger partial charge in [-0.25, -0.2) is 4.39 Å². The lowest BCUT2D eigenvalue weighted by atomic mass is 10.0. The summed E-state index contributed by atoms with van der Waals surface area (Å²) in [5.74, 6) is 0.463. The molecule has 1 aromatic rings. The van der Waals surface area contributed by atoms with Gasteiger partial charge in [-0.15, -0.1) is 0 Å². The van der Waals surface area contributed by atoms with Gasteiger partial charge >= 0.3 is 0 Å². The maximum absolute atomic E-state index is 13.8. The van der Waals surface area contributed by atoms with Gasteiger partial charge in [0.25, 0.3) is 0 Å². The van der Waals surface area contributed by atoms with Gasteiger partial charge in [-0.05, 0) is 57.0 Å². The predicted molar refractivity (Wildman–Crippen MR) is 81.3 cm³/mol. The van der Waals surface area contributed by atoms with E-state index in [0.29, 0.717) is 11.5 Å². The SMILES string of the molecule is CCN(CC(C)C)c1cc(C)c(F)cc1C(C)NC. The molecular formula is C16H27FN2. The molecule has 0 radical (unpaired) electrons. The summed E-state index contributed by atoms with van der Waals surface area (Å²) in [4.78, 5) is 2.33. The molecule has 1 aromatic carbocycles. The summed E-state index contributed by atoms with van der Waals surface area (Å²) in [5.41, 5.74) is 2.90. The molecule has 1 N–H and O–H groups in total. The van der Waals surface area contributed by atoms with Crippen molar-refractivity contribution in [3.8, 4) is 0 Å². The fourth-order valence-electron chi connectivity index (χ4n) is 2.30. The van der Waals surface area contributed by atoms with Crippen molar-refractivity contribution in [2.24, 2.45) is 5.92 Å². The number of nitrogens with one attached hydrogen (secondary N) is 1. The Morgan fingerprint density at radius 1 is 1.26 bits per heavy atom. The van der Waals surface area contributed by atoms with E-state index in [1.54, 1.807) is 6.07 Å². The molecular weight excluding hydrogens is 239 g/mol. The van der Waals surface area contributed by atoms with E-state index < -0.39 is 0 Å². The molecule has 0 aliphatic rings. The van der Waals surface area contributed by atoms with Crippen molar-refractivity contribution in [3.05, 3.63) is 29.1 Å². The number of halogens is 1. The Bertz CT molecular complexity index is 415. The molecule has 0 fully saturated rings. The summed E-state index contributed by atoms with van der Waals surface area (Å²) in [5, 5.41) is 3.21. The number of hydrogen-bond donors (Lipinski definition) is 1. The van der Waals surface area contributed by atoms with E-state index in [9.17, 15) is 4.39 Å². The first-order valence-electron chi connectivity index (χ1n) is 7.12. The molecule has 1 rings (SSSR count). The molecule has 0 saturated heterocycles. The molecule has 0 bridgehead atoms. The summed E-state index contributed by atoms with van der Waals surface area (Å²) in [6.07, 6.45) is 0. The minimum absolute atomic E-state index is 0.124. The average Bonchev–Trinajstić information content (AvgIpc) is 2.37. The van der Waals surface area contributed by atoms with Crippen LogP contribution >= 0.6 is 0 Å². The lowest BCUT2D eigenvalue weighted by Crippen LogP contribution is -2.29. The molecule has 0 heterocycles. The van der Waals surface area contributed by atoms with Crippen LogP contribution in [0.3, 0.4) is 0 Å². The second-order valence-electron chi connectivity index (χ2n) is 5.60. The summed E-state index contributed by atoms with van der Waals surface area (Å²) < 4.78 is 13.8. The largest absolute Gasteiger partial charge is 0.371 e. The first-order chi connectivity index (χ1) is 8.90. The van der Waals surface area contributed by atoms with Gasteiger partial charge in [-0.1, -0.05) is 13.8 Å². The average molecular weight is 266 g/mol. The van der Waals surface area contributed by atoms with Crippen LogP contribution in [0.2, 0.25) is 0 Å². The summed E-state index contributed by atoms with van der Waals surface area (Å²) in [6, 6.07) is 3.80. The van der Waals surface area contributed by atoms with Gasteiger partial charge in [0.05, 0.1) is 0 Å².